The first-order valence-corrected chi connectivity index (χ1v) is 10.6. The predicted molar refractivity (Wildman–Crippen MR) is 120 cm³/mol. The highest BCUT2D eigenvalue weighted by Gasteiger charge is 2.27. The molecule has 29 heavy (non-hydrogen) atoms. The van der Waals surface area contributed by atoms with Gasteiger partial charge in [-0.3, -0.25) is 4.79 Å². The lowest BCUT2D eigenvalue weighted by atomic mass is 9.91. The maximum atomic E-state index is 13.6. The number of aromatic nitrogens is 1. The molecule has 2 atom stereocenters. The van der Waals surface area contributed by atoms with Gasteiger partial charge < -0.3 is 4.90 Å². The summed E-state index contributed by atoms with van der Waals surface area (Å²) in [5.74, 6) is 1.21. The van der Waals surface area contributed by atoms with Gasteiger partial charge in [0.1, 0.15) is 0 Å². The Labute approximate surface area is 173 Å². The normalized spacial score (nSPS) is 19.6. The molecule has 3 heteroatoms. The number of carbonyl (C=O) groups is 1. The number of piperidine rings is 1. The van der Waals surface area contributed by atoms with Crippen molar-refractivity contribution in [1.29, 1.82) is 0 Å². The fraction of sp³-hybridized carbons (Fsp3) is 0.385. The number of hydrogen-bond donors (Lipinski definition) is 0. The number of para-hydroxylation sites is 1. The van der Waals surface area contributed by atoms with E-state index in [9.17, 15) is 4.79 Å². The largest absolute Gasteiger partial charge is 0.338 e. The summed E-state index contributed by atoms with van der Waals surface area (Å²) in [7, 11) is 0. The highest BCUT2D eigenvalue weighted by Crippen LogP contribution is 2.30. The number of nitrogens with zero attached hydrogens (tertiary/aromatic N) is 2. The quantitative estimate of drug-likeness (QED) is 0.546. The average molecular weight is 387 g/mol. The van der Waals surface area contributed by atoms with E-state index in [1.54, 1.807) is 0 Å². The topological polar surface area (TPSA) is 33.2 Å². The third-order valence-electron chi connectivity index (χ3n) is 6.23. The highest BCUT2D eigenvalue weighted by atomic mass is 16.2. The SMILES string of the molecule is Cc1ccc(-c2cc(C(=O)N3C[C@@H](C)C[C@H](C)C3)c3cccc(C)c3n2)cc1C. The first-order valence-electron chi connectivity index (χ1n) is 10.6. The molecule has 0 N–H and O–H groups in total. The zero-order chi connectivity index (χ0) is 20.7. The summed E-state index contributed by atoms with van der Waals surface area (Å²) in [5, 5.41) is 0.952. The van der Waals surface area contributed by atoms with Crippen LogP contribution in [-0.2, 0) is 0 Å². The van der Waals surface area contributed by atoms with Crippen molar-refractivity contribution in [2.45, 2.75) is 41.0 Å². The summed E-state index contributed by atoms with van der Waals surface area (Å²) in [6.45, 7) is 12.4. The van der Waals surface area contributed by atoms with Crippen molar-refractivity contribution in [2.75, 3.05) is 13.1 Å². The Morgan fingerprint density at radius 3 is 2.34 bits per heavy atom. The summed E-state index contributed by atoms with van der Waals surface area (Å²) in [5.41, 5.74) is 7.23. The average Bonchev–Trinajstić information content (AvgIpc) is 2.68. The van der Waals surface area contributed by atoms with E-state index in [1.807, 2.05) is 23.1 Å². The Morgan fingerprint density at radius 2 is 1.66 bits per heavy atom. The van der Waals surface area contributed by atoms with Crippen LogP contribution in [0.5, 0.6) is 0 Å². The van der Waals surface area contributed by atoms with Gasteiger partial charge in [-0.2, -0.15) is 0 Å². The van der Waals surface area contributed by atoms with E-state index in [-0.39, 0.29) is 5.91 Å². The number of likely N-dealkylation sites (tertiary alicyclic amines) is 1. The number of fused-ring (bicyclic) bond motifs is 1. The summed E-state index contributed by atoms with van der Waals surface area (Å²) in [4.78, 5) is 20.6. The molecule has 1 aliphatic heterocycles. The fourth-order valence-corrected chi connectivity index (χ4v) is 4.62. The monoisotopic (exact) mass is 386 g/mol. The number of hydrogen-bond acceptors (Lipinski definition) is 2. The van der Waals surface area contributed by atoms with Gasteiger partial charge in [-0.1, -0.05) is 44.2 Å². The Morgan fingerprint density at radius 1 is 0.931 bits per heavy atom. The van der Waals surface area contributed by atoms with E-state index in [4.69, 9.17) is 4.98 Å². The second kappa shape index (κ2) is 7.62. The number of pyridine rings is 1. The number of amides is 1. The van der Waals surface area contributed by atoms with Crippen LogP contribution in [0.3, 0.4) is 0 Å². The smallest absolute Gasteiger partial charge is 0.254 e. The third-order valence-corrected chi connectivity index (χ3v) is 6.23. The minimum atomic E-state index is 0.131. The van der Waals surface area contributed by atoms with Gasteiger partial charge in [0.05, 0.1) is 16.8 Å². The molecule has 0 radical (unpaired) electrons. The lowest BCUT2D eigenvalue weighted by Gasteiger charge is -2.35. The van der Waals surface area contributed by atoms with Crippen LogP contribution < -0.4 is 0 Å². The van der Waals surface area contributed by atoms with E-state index in [0.717, 1.165) is 46.4 Å². The highest BCUT2D eigenvalue weighted by molar-refractivity contribution is 6.07. The molecular weight excluding hydrogens is 356 g/mol. The van der Waals surface area contributed by atoms with Crippen LogP contribution in [0, 0.1) is 32.6 Å². The van der Waals surface area contributed by atoms with Crippen molar-refractivity contribution < 1.29 is 4.79 Å². The van der Waals surface area contributed by atoms with Gasteiger partial charge in [0, 0.05) is 24.0 Å². The van der Waals surface area contributed by atoms with Crippen LogP contribution >= 0.6 is 0 Å². The van der Waals surface area contributed by atoms with Gasteiger partial charge in [0.15, 0.2) is 0 Å². The summed E-state index contributed by atoms with van der Waals surface area (Å²) >= 11 is 0. The molecule has 0 spiro atoms. The zero-order valence-electron chi connectivity index (χ0n) is 18.1. The molecule has 1 saturated heterocycles. The molecular formula is C26H30N2O. The predicted octanol–water partition coefficient (Wildman–Crippen LogP) is 5.95. The van der Waals surface area contributed by atoms with E-state index >= 15 is 0 Å². The molecule has 0 saturated carbocycles. The molecule has 1 fully saturated rings. The molecule has 1 amide bonds. The van der Waals surface area contributed by atoms with Crippen LogP contribution in [0.1, 0.15) is 47.3 Å². The Bertz CT molecular complexity index is 1080. The number of carbonyl (C=O) groups excluding carboxylic acids is 1. The van der Waals surface area contributed by atoms with Crippen molar-refractivity contribution in [3.63, 3.8) is 0 Å². The minimum Gasteiger partial charge on any atom is -0.338 e. The lowest BCUT2D eigenvalue weighted by Crippen LogP contribution is -2.42. The van der Waals surface area contributed by atoms with E-state index in [1.165, 1.54) is 17.5 Å². The second-order valence-electron chi connectivity index (χ2n) is 8.98. The van der Waals surface area contributed by atoms with E-state index < -0.39 is 0 Å². The molecule has 2 heterocycles. The van der Waals surface area contributed by atoms with Crippen molar-refractivity contribution in [2.24, 2.45) is 11.8 Å². The maximum Gasteiger partial charge on any atom is 0.254 e. The van der Waals surface area contributed by atoms with Crippen molar-refractivity contribution in [3.05, 3.63) is 64.7 Å². The molecule has 0 aliphatic carbocycles. The molecule has 1 aromatic heterocycles. The molecule has 0 bridgehead atoms. The van der Waals surface area contributed by atoms with Crippen LogP contribution in [0.4, 0.5) is 0 Å². The number of rotatable bonds is 2. The summed E-state index contributed by atoms with van der Waals surface area (Å²) in [6, 6.07) is 14.5. The molecule has 4 rings (SSSR count). The van der Waals surface area contributed by atoms with Gasteiger partial charge >= 0.3 is 0 Å². The Balaban J connectivity index is 1.87. The van der Waals surface area contributed by atoms with Crippen LogP contribution in [0.2, 0.25) is 0 Å². The summed E-state index contributed by atoms with van der Waals surface area (Å²) < 4.78 is 0. The minimum absolute atomic E-state index is 0.131. The van der Waals surface area contributed by atoms with Crippen molar-refractivity contribution in [3.8, 4) is 11.3 Å². The Kier molecular flexibility index (Phi) is 5.16. The van der Waals surface area contributed by atoms with Gasteiger partial charge in [0.25, 0.3) is 5.91 Å². The number of aryl methyl sites for hydroxylation is 3. The fourth-order valence-electron chi connectivity index (χ4n) is 4.62. The van der Waals surface area contributed by atoms with Crippen molar-refractivity contribution >= 4 is 16.8 Å². The third kappa shape index (κ3) is 3.78. The van der Waals surface area contributed by atoms with E-state index in [2.05, 4.69) is 58.9 Å². The molecule has 3 nitrogen and oxygen atoms in total. The van der Waals surface area contributed by atoms with Crippen LogP contribution in [-0.4, -0.2) is 28.9 Å². The van der Waals surface area contributed by atoms with Gasteiger partial charge in [-0.05, 0) is 67.9 Å². The first-order chi connectivity index (χ1) is 13.8. The summed E-state index contributed by atoms with van der Waals surface area (Å²) in [6.07, 6.45) is 1.19. The van der Waals surface area contributed by atoms with Crippen LogP contribution in [0.15, 0.2) is 42.5 Å². The molecule has 0 unspecified atom stereocenters. The van der Waals surface area contributed by atoms with Gasteiger partial charge in [0.2, 0.25) is 0 Å². The zero-order valence-corrected chi connectivity index (χ0v) is 18.1. The maximum absolute atomic E-state index is 13.6. The molecule has 3 aromatic rings. The molecule has 1 aliphatic rings. The van der Waals surface area contributed by atoms with Crippen LogP contribution in [0.25, 0.3) is 22.2 Å². The molecule has 150 valence electrons. The first kappa shape index (κ1) is 19.6. The lowest BCUT2D eigenvalue weighted by molar-refractivity contribution is 0.0625. The number of benzene rings is 2. The van der Waals surface area contributed by atoms with Gasteiger partial charge in [-0.15, -0.1) is 0 Å². The molecule has 2 aromatic carbocycles. The van der Waals surface area contributed by atoms with Gasteiger partial charge in [-0.25, -0.2) is 4.98 Å². The Hall–Kier alpha value is -2.68. The van der Waals surface area contributed by atoms with E-state index in [0.29, 0.717) is 11.8 Å². The standard InChI is InChI=1S/C26H30N2O/c1-16-11-17(2)15-28(14-16)26(29)23-13-24(21-10-9-18(3)20(5)12-21)27-25-19(4)7-6-8-22(23)25/h6-10,12-13,16-17H,11,14-15H2,1-5H3/t16-,17-/m0/s1. The van der Waals surface area contributed by atoms with Crippen molar-refractivity contribution in [1.82, 2.24) is 9.88 Å². The second-order valence-corrected chi connectivity index (χ2v) is 8.98.